The number of H-pyrrole nitrogens is 1. The number of rotatable bonds is 3. The van der Waals surface area contributed by atoms with E-state index in [0.29, 0.717) is 6.54 Å². The Morgan fingerprint density at radius 3 is 2.96 bits per heavy atom. The Labute approximate surface area is 139 Å². The third-order valence-corrected chi connectivity index (χ3v) is 5.71. The van der Waals surface area contributed by atoms with Crippen molar-refractivity contribution in [3.63, 3.8) is 0 Å². The third-order valence-electron chi connectivity index (χ3n) is 4.43. The number of aryl methyl sites for hydroxylation is 1. The van der Waals surface area contributed by atoms with Crippen molar-refractivity contribution in [3.05, 3.63) is 30.5 Å². The SMILES string of the molecule is Cc1nn(C2CCCN2S(C)(=O)=O)cc1-c1ncnc2[nH]ccc12. The number of nitrogens with one attached hydrogen (secondary N) is 1. The molecule has 3 aromatic heterocycles. The van der Waals surface area contributed by atoms with E-state index in [1.165, 1.54) is 16.9 Å². The van der Waals surface area contributed by atoms with Crippen molar-refractivity contribution >= 4 is 21.1 Å². The van der Waals surface area contributed by atoms with E-state index in [2.05, 4.69) is 20.1 Å². The van der Waals surface area contributed by atoms with Gasteiger partial charge in [-0.1, -0.05) is 0 Å². The minimum Gasteiger partial charge on any atom is -0.346 e. The van der Waals surface area contributed by atoms with Crippen LogP contribution in [-0.2, 0) is 10.0 Å². The molecule has 0 saturated carbocycles. The van der Waals surface area contributed by atoms with Gasteiger partial charge in [0.15, 0.2) is 0 Å². The van der Waals surface area contributed by atoms with Gasteiger partial charge in [-0.25, -0.2) is 18.4 Å². The topological polar surface area (TPSA) is 96.8 Å². The number of sulfonamides is 1. The molecule has 24 heavy (non-hydrogen) atoms. The largest absolute Gasteiger partial charge is 0.346 e. The first kappa shape index (κ1) is 15.3. The van der Waals surface area contributed by atoms with Crippen molar-refractivity contribution in [2.45, 2.75) is 25.9 Å². The highest BCUT2D eigenvalue weighted by Crippen LogP contribution is 2.32. The maximum atomic E-state index is 12.0. The Morgan fingerprint density at radius 2 is 2.17 bits per heavy atom. The van der Waals surface area contributed by atoms with Crippen LogP contribution >= 0.6 is 0 Å². The zero-order valence-corrected chi connectivity index (χ0v) is 14.3. The molecule has 0 bridgehead atoms. The van der Waals surface area contributed by atoms with Crippen LogP contribution in [-0.4, -0.2) is 50.3 Å². The predicted octanol–water partition coefficient (Wildman–Crippen LogP) is 1.68. The molecule has 1 saturated heterocycles. The normalized spacial score (nSPS) is 19.3. The number of aromatic amines is 1. The Bertz CT molecular complexity index is 1010. The van der Waals surface area contributed by atoms with Gasteiger partial charge in [0.25, 0.3) is 0 Å². The molecule has 4 rings (SSSR count). The second-order valence-electron chi connectivity index (χ2n) is 6.07. The quantitative estimate of drug-likeness (QED) is 0.778. The van der Waals surface area contributed by atoms with E-state index in [9.17, 15) is 8.42 Å². The van der Waals surface area contributed by atoms with E-state index >= 15 is 0 Å². The average Bonchev–Trinajstić information content (AvgIpc) is 3.24. The van der Waals surface area contributed by atoms with Crippen molar-refractivity contribution in [2.75, 3.05) is 12.8 Å². The maximum Gasteiger partial charge on any atom is 0.213 e. The van der Waals surface area contributed by atoms with E-state index in [0.717, 1.165) is 40.8 Å². The van der Waals surface area contributed by atoms with Gasteiger partial charge in [0, 0.05) is 29.9 Å². The van der Waals surface area contributed by atoms with Gasteiger partial charge in [-0.05, 0) is 25.8 Å². The monoisotopic (exact) mass is 346 g/mol. The van der Waals surface area contributed by atoms with Crippen LogP contribution in [0.15, 0.2) is 24.8 Å². The lowest BCUT2D eigenvalue weighted by Gasteiger charge is -2.22. The first-order chi connectivity index (χ1) is 11.4. The molecule has 0 aliphatic carbocycles. The Hall–Kier alpha value is -2.26. The second kappa shape index (κ2) is 5.38. The molecule has 1 aliphatic rings. The van der Waals surface area contributed by atoms with Crippen molar-refractivity contribution in [1.82, 2.24) is 29.0 Å². The van der Waals surface area contributed by atoms with Gasteiger partial charge in [-0.2, -0.15) is 9.40 Å². The maximum absolute atomic E-state index is 12.0. The first-order valence-electron chi connectivity index (χ1n) is 7.76. The van der Waals surface area contributed by atoms with Crippen molar-refractivity contribution in [2.24, 2.45) is 0 Å². The summed E-state index contributed by atoms with van der Waals surface area (Å²) < 4.78 is 27.2. The van der Waals surface area contributed by atoms with Crippen LogP contribution in [0.4, 0.5) is 0 Å². The zero-order chi connectivity index (χ0) is 16.9. The average molecular weight is 346 g/mol. The van der Waals surface area contributed by atoms with Crippen molar-refractivity contribution in [1.29, 1.82) is 0 Å². The molecular weight excluding hydrogens is 328 g/mol. The van der Waals surface area contributed by atoms with Gasteiger partial charge in [0.2, 0.25) is 10.0 Å². The number of aromatic nitrogens is 5. The molecule has 0 aromatic carbocycles. The molecule has 0 radical (unpaired) electrons. The molecule has 1 aliphatic heterocycles. The fourth-order valence-electron chi connectivity index (χ4n) is 3.33. The molecule has 0 amide bonds. The van der Waals surface area contributed by atoms with Crippen LogP contribution in [0.2, 0.25) is 0 Å². The highest BCUT2D eigenvalue weighted by atomic mass is 32.2. The summed E-state index contributed by atoms with van der Waals surface area (Å²) in [7, 11) is -3.25. The number of fused-ring (bicyclic) bond motifs is 1. The van der Waals surface area contributed by atoms with Crippen LogP contribution in [0, 0.1) is 6.92 Å². The van der Waals surface area contributed by atoms with E-state index in [4.69, 9.17) is 0 Å². The molecule has 4 heterocycles. The molecule has 0 spiro atoms. The lowest BCUT2D eigenvalue weighted by Crippen LogP contribution is -2.32. The van der Waals surface area contributed by atoms with Gasteiger partial charge < -0.3 is 4.98 Å². The Kier molecular flexibility index (Phi) is 3.43. The summed E-state index contributed by atoms with van der Waals surface area (Å²) in [5, 5.41) is 5.49. The molecule has 8 nitrogen and oxygen atoms in total. The second-order valence-corrected chi connectivity index (χ2v) is 8.00. The smallest absolute Gasteiger partial charge is 0.213 e. The fourth-order valence-corrected chi connectivity index (χ4v) is 4.43. The lowest BCUT2D eigenvalue weighted by molar-refractivity contribution is 0.287. The molecule has 1 fully saturated rings. The zero-order valence-electron chi connectivity index (χ0n) is 13.5. The molecule has 1 N–H and O–H groups in total. The highest BCUT2D eigenvalue weighted by molar-refractivity contribution is 7.88. The minimum absolute atomic E-state index is 0.268. The van der Waals surface area contributed by atoms with Gasteiger partial charge in [-0.3, -0.25) is 4.68 Å². The summed E-state index contributed by atoms with van der Waals surface area (Å²) in [5.41, 5.74) is 3.28. The number of hydrogen-bond donors (Lipinski definition) is 1. The molecule has 126 valence electrons. The van der Waals surface area contributed by atoms with Gasteiger partial charge in [-0.15, -0.1) is 0 Å². The molecular formula is C15H18N6O2S. The van der Waals surface area contributed by atoms with Gasteiger partial charge in [0.05, 0.1) is 17.6 Å². The lowest BCUT2D eigenvalue weighted by atomic mass is 10.1. The van der Waals surface area contributed by atoms with Gasteiger partial charge >= 0.3 is 0 Å². The van der Waals surface area contributed by atoms with Gasteiger partial charge in [0.1, 0.15) is 18.1 Å². The van der Waals surface area contributed by atoms with Crippen molar-refractivity contribution < 1.29 is 8.42 Å². The molecule has 3 aromatic rings. The van der Waals surface area contributed by atoms with Crippen LogP contribution in [0.5, 0.6) is 0 Å². The molecule has 1 unspecified atom stereocenters. The Morgan fingerprint density at radius 1 is 1.33 bits per heavy atom. The summed E-state index contributed by atoms with van der Waals surface area (Å²) >= 11 is 0. The summed E-state index contributed by atoms with van der Waals surface area (Å²) in [6.45, 7) is 2.44. The first-order valence-corrected chi connectivity index (χ1v) is 9.61. The van der Waals surface area contributed by atoms with Crippen LogP contribution in [0.3, 0.4) is 0 Å². The number of nitrogens with zero attached hydrogens (tertiary/aromatic N) is 5. The van der Waals surface area contributed by atoms with Crippen LogP contribution < -0.4 is 0 Å². The fraction of sp³-hybridized carbons (Fsp3) is 0.400. The van der Waals surface area contributed by atoms with E-state index in [-0.39, 0.29) is 6.17 Å². The molecule has 9 heteroatoms. The summed E-state index contributed by atoms with van der Waals surface area (Å²) in [5.74, 6) is 0. The predicted molar refractivity (Wildman–Crippen MR) is 89.7 cm³/mol. The van der Waals surface area contributed by atoms with E-state index < -0.39 is 10.0 Å². The van der Waals surface area contributed by atoms with E-state index in [1.54, 1.807) is 4.68 Å². The van der Waals surface area contributed by atoms with Crippen LogP contribution in [0.25, 0.3) is 22.3 Å². The summed E-state index contributed by atoms with van der Waals surface area (Å²) in [4.78, 5) is 11.7. The molecule has 1 atom stereocenters. The highest BCUT2D eigenvalue weighted by Gasteiger charge is 2.33. The number of hydrogen-bond acceptors (Lipinski definition) is 5. The summed E-state index contributed by atoms with van der Waals surface area (Å²) in [6, 6.07) is 1.93. The Balaban J connectivity index is 1.80. The minimum atomic E-state index is -3.25. The van der Waals surface area contributed by atoms with Crippen molar-refractivity contribution in [3.8, 4) is 11.3 Å². The summed E-state index contributed by atoms with van der Waals surface area (Å²) in [6.07, 6.45) is 7.80. The standard InChI is InChI=1S/C15H18N6O2S/c1-10-12(14-11-5-6-16-15(11)18-9-17-14)8-20(19-10)13-4-3-7-21(13)24(2,22)23/h5-6,8-9,13H,3-4,7H2,1-2H3,(H,16,17,18). The van der Waals surface area contributed by atoms with E-state index in [1.807, 2.05) is 25.4 Å². The third kappa shape index (κ3) is 2.40. The van der Waals surface area contributed by atoms with Crippen LogP contribution in [0.1, 0.15) is 24.7 Å².